The van der Waals surface area contributed by atoms with Gasteiger partial charge in [0.2, 0.25) is 17.9 Å². The molecule has 1 fully saturated rings. The minimum absolute atomic E-state index is 0.0270. The molecule has 0 aromatic rings. The van der Waals surface area contributed by atoms with E-state index in [2.05, 4.69) is 6.58 Å². The Morgan fingerprint density at radius 2 is 1.77 bits per heavy atom. The lowest BCUT2D eigenvalue weighted by Gasteiger charge is -2.37. The van der Waals surface area contributed by atoms with Crippen molar-refractivity contribution in [3.8, 4) is 0 Å². The SMILES string of the molecule is C=C1C(=O)OC2C=C(C)C(O)(OC(C)=O)CC=C(C(O)OC(C)=O)CC(O)(OC(=O)C(C)=CCOC(C)=O)[C@@H]12. The highest BCUT2D eigenvalue weighted by atomic mass is 16.7. The van der Waals surface area contributed by atoms with E-state index in [-0.39, 0.29) is 28.9 Å². The lowest BCUT2D eigenvalue weighted by molar-refractivity contribution is -0.230. The number of rotatable bonds is 7. The molecule has 1 aliphatic heterocycles. The third-order valence-corrected chi connectivity index (χ3v) is 6.00. The molecule has 0 radical (unpaired) electrons. The van der Waals surface area contributed by atoms with E-state index < -0.39 is 72.6 Å². The Hall–Kier alpha value is -3.81. The number of ether oxygens (including phenoxy) is 5. The quantitative estimate of drug-likeness (QED) is 0.131. The van der Waals surface area contributed by atoms with E-state index in [1.165, 1.54) is 32.9 Å². The number of aliphatic hydroxyl groups excluding tert-OH is 1. The van der Waals surface area contributed by atoms with Gasteiger partial charge in [0, 0.05) is 50.3 Å². The summed E-state index contributed by atoms with van der Waals surface area (Å²) in [6, 6.07) is 0. The predicted molar refractivity (Wildman–Crippen MR) is 130 cm³/mol. The molecule has 0 bridgehead atoms. The van der Waals surface area contributed by atoms with Crippen LogP contribution < -0.4 is 0 Å². The molecule has 2 rings (SSSR count). The largest absolute Gasteiger partial charge is 0.462 e. The number of aliphatic hydroxyl groups is 3. The van der Waals surface area contributed by atoms with Crippen molar-refractivity contribution in [3.05, 3.63) is 47.1 Å². The van der Waals surface area contributed by atoms with Crippen LogP contribution in [0.1, 0.15) is 47.5 Å². The van der Waals surface area contributed by atoms with Crippen molar-refractivity contribution in [3.63, 3.8) is 0 Å². The monoisotopic (exact) mass is 552 g/mol. The fraction of sp³-hybridized carbons (Fsp3) is 0.500. The van der Waals surface area contributed by atoms with Crippen molar-refractivity contribution in [2.45, 2.75) is 71.4 Å². The fourth-order valence-corrected chi connectivity index (χ4v) is 4.02. The van der Waals surface area contributed by atoms with Gasteiger partial charge in [-0.15, -0.1) is 0 Å². The summed E-state index contributed by atoms with van der Waals surface area (Å²) >= 11 is 0. The van der Waals surface area contributed by atoms with Crippen LogP contribution in [0, 0.1) is 5.92 Å². The molecule has 214 valence electrons. The topological polar surface area (TPSA) is 192 Å². The van der Waals surface area contributed by atoms with Crippen molar-refractivity contribution in [1.29, 1.82) is 0 Å². The number of carbonyl (C=O) groups is 5. The molecular weight excluding hydrogens is 520 g/mol. The van der Waals surface area contributed by atoms with Crippen LogP contribution in [0.2, 0.25) is 0 Å². The second-order valence-electron chi connectivity index (χ2n) is 9.15. The maximum absolute atomic E-state index is 12.9. The summed E-state index contributed by atoms with van der Waals surface area (Å²) in [7, 11) is 0. The molecule has 5 atom stereocenters. The van der Waals surface area contributed by atoms with E-state index in [1.807, 2.05) is 0 Å². The average Bonchev–Trinajstić information content (AvgIpc) is 3.08. The summed E-state index contributed by atoms with van der Waals surface area (Å²) in [6.07, 6.45) is -1.05. The maximum atomic E-state index is 12.9. The van der Waals surface area contributed by atoms with E-state index in [0.717, 1.165) is 19.9 Å². The molecule has 3 N–H and O–H groups in total. The van der Waals surface area contributed by atoms with Crippen LogP contribution in [-0.4, -0.2) is 75.7 Å². The molecule has 1 aliphatic carbocycles. The molecular formula is C26H32O13. The first-order chi connectivity index (χ1) is 18.0. The summed E-state index contributed by atoms with van der Waals surface area (Å²) in [5.41, 5.74) is -0.677. The zero-order chi connectivity index (χ0) is 29.7. The lowest BCUT2D eigenvalue weighted by Crippen LogP contribution is -2.48. The number of esters is 5. The van der Waals surface area contributed by atoms with Crippen molar-refractivity contribution in [1.82, 2.24) is 0 Å². The van der Waals surface area contributed by atoms with Crippen molar-refractivity contribution < 1.29 is 63.0 Å². The standard InChI is InChI=1S/C26H32O13/c1-13(8-10-35-16(4)27)22(30)39-26(34)12-19(24(32)36-17(5)28)7-9-25(33,38-18(6)29)14(2)11-20-21(26)15(3)23(31)37-20/h7-8,11,20-21,24,32-34H,3,9-10,12H2,1-2,4-6H3/t20?,21-,24?,25?,26?/m0/s1. The van der Waals surface area contributed by atoms with Crippen molar-refractivity contribution in [2.75, 3.05) is 6.61 Å². The van der Waals surface area contributed by atoms with Crippen molar-refractivity contribution in [2.24, 2.45) is 5.92 Å². The smallest absolute Gasteiger partial charge is 0.336 e. The third-order valence-electron chi connectivity index (χ3n) is 6.00. The van der Waals surface area contributed by atoms with E-state index in [1.54, 1.807) is 0 Å². The normalized spacial score (nSPS) is 28.2. The van der Waals surface area contributed by atoms with Gasteiger partial charge in [0.05, 0.1) is 5.92 Å². The molecule has 39 heavy (non-hydrogen) atoms. The average molecular weight is 553 g/mol. The molecule has 0 aromatic heterocycles. The minimum atomic E-state index is -2.62. The van der Waals surface area contributed by atoms with Gasteiger partial charge >= 0.3 is 29.8 Å². The van der Waals surface area contributed by atoms with Crippen LogP contribution in [0.5, 0.6) is 0 Å². The zero-order valence-corrected chi connectivity index (χ0v) is 22.2. The second-order valence-corrected chi connectivity index (χ2v) is 9.15. The van der Waals surface area contributed by atoms with Gasteiger partial charge in [-0.25, -0.2) is 9.59 Å². The molecule has 4 unspecified atom stereocenters. The van der Waals surface area contributed by atoms with Gasteiger partial charge in [0.15, 0.2) is 0 Å². The molecule has 1 saturated heterocycles. The van der Waals surface area contributed by atoms with E-state index >= 15 is 0 Å². The van der Waals surface area contributed by atoms with Crippen LogP contribution in [0.25, 0.3) is 0 Å². The number of carbonyl (C=O) groups excluding carboxylic acids is 5. The van der Waals surface area contributed by atoms with Crippen LogP contribution in [-0.2, 0) is 47.7 Å². The number of hydrogen-bond acceptors (Lipinski definition) is 13. The highest BCUT2D eigenvalue weighted by molar-refractivity contribution is 5.92. The summed E-state index contributed by atoms with van der Waals surface area (Å²) < 4.78 is 25.4. The lowest BCUT2D eigenvalue weighted by atomic mass is 9.81. The molecule has 13 nitrogen and oxygen atoms in total. The first kappa shape index (κ1) is 31.4. The number of fused-ring (bicyclic) bond motifs is 1. The molecule has 0 amide bonds. The molecule has 1 heterocycles. The molecule has 2 aliphatic rings. The van der Waals surface area contributed by atoms with Gasteiger partial charge < -0.3 is 39.0 Å². The highest BCUT2D eigenvalue weighted by Gasteiger charge is 2.55. The van der Waals surface area contributed by atoms with Gasteiger partial charge in [-0.05, 0) is 31.6 Å². The van der Waals surface area contributed by atoms with E-state index in [0.29, 0.717) is 0 Å². The molecule has 0 spiro atoms. The molecule has 0 aromatic carbocycles. The first-order valence-electron chi connectivity index (χ1n) is 11.8. The highest BCUT2D eigenvalue weighted by Crippen LogP contribution is 2.43. The summed E-state index contributed by atoms with van der Waals surface area (Å²) in [4.78, 5) is 59.7. The summed E-state index contributed by atoms with van der Waals surface area (Å²) in [5.74, 6) is -10.8. The minimum Gasteiger partial charge on any atom is -0.462 e. The van der Waals surface area contributed by atoms with Gasteiger partial charge in [-0.1, -0.05) is 12.7 Å². The van der Waals surface area contributed by atoms with Crippen LogP contribution in [0.15, 0.2) is 47.1 Å². The predicted octanol–water partition coefficient (Wildman–Crippen LogP) is 0.625. The third kappa shape index (κ3) is 7.85. The molecule has 0 saturated carbocycles. The van der Waals surface area contributed by atoms with Gasteiger partial charge in [-0.2, -0.15) is 0 Å². The van der Waals surface area contributed by atoms with Crippen molar-refractivity contribution >= 4 is 29.8 Å². The van der Waals surface area contributed by atoms with Gasteiger partial charge in [0.25, 0.3) is 0 Å². The Morgan fingerprint density at radius 3 is 2.33 bits per heavy atom. The van der Waals surface area contributed by atoms with Crippen LogP contribution in [0.3, 0.4) is 0 Å². The molecule has 13 heteroatoms. The summed E-state index contributed by atoms with van der Waals surface area (Å²) in [6.45, 7) is 9.31. The Bertz CT molecular complexity index is 1150. The van der Waals surface area contributed by atoms with Gasteiger partial charge in [0.1, 0.15) is 12.7 Å². The van der Waals surface area contributed by atoms with Gasteiger partial charge in [-0.3, -0.25) is 14.4 Å². The Balaban J connectivity index is 2.66. The first-order valence-corrected chi connectivity index (χ1v) is 11.8. The van der Waals surface area contributed by atoms with Crippen LogP contribution >= 0.6 is 0 Å². The van der Waals surface area contributed by atoms with Crippen LogP contribution in [0.4, 0.5) is 0 Å². The Morgan fingerprint density at radius 1 is 1.13 bits per heavy atom. The zero-order valence-electron chi connectivity index (χ0n) is 22.2. The maximum Gasteiger partial charge on any atom is 0.336 e. The van der Waals surface area contributed by atoms with E-state index in [4.69, 9.17) is 23.7 Å². The summed E-state index contributed by atoms with van der Waals surface area (Å²) in [5, 5.41) is 33.5. The number of hydrogen-bond donors (Lipinski definition) is 3. The second kappa shape index (κ2) is 12.4. The van der Waals surface area contributed by atoms with E-state index in [9.17, 15) is 39.3 Å². The fourth-order valence-electron chi connectivity index (χ4n) is 4.02. The Kier molecular flexibility index (Phi) is 9.96. The Labute approximate surface area is 224 Å².